The molecule has 32 heavy (non-hydrogen) atoms. The molecule has 170 valence electrons. The maximum absolute atomic E-state index is 13.1. The van der Waals surface area contributed by atoms with Crippen LogP contribution in [0.4, 0.5) is 4.79 Å². The number of methoxy groups -OCH3 is 2. The normalized spacial score (nSPS) is 16.1. The van der Waals surface area contributed by atoms with Gasteiger partial charge >= 0.3 is 12.0 Å². The molecule has 0 unspecified atom stereocenters. The predicted molar refractivity (Wildman–Crippen MR) is 116 cm³/mol. The van der Waals surface area contributed by atoms with E-state index in [1.165, 1.54) is 38.5 Å². The van der Waals surface area contributed by atoms with Crippen LogP contribution in [0.15, 0.2) is 64.7 Å². The van der Waals surface area contributed by atoms with Gasteiger partial charge in [-0.05, 0) is 48.9 Å². The van der Waals surface area contributed by atoms with Crippen LogP contribution < -0.4 is 20.1 Å². The number of hydrogen-bond donors (Lipinski definition) is 2. The van der Waals surface area contributed by atoms with Gasteiger partial charge in [-0.2, -0.15) is 0 Å². The Morgan fingerprint density at radius 1 is 1.03 bits per heavy atom. The third-order valence-corrected chi connectivity index (χ3v) is 6.49. The molecule has 0 aromatic heterocycles. The first kappa shape index (κ1) is 23.1. The number of nitrogens with one attached hydrogen (secondary N) is 2. The lowest BCUT2D eigenvalue weighted by Gasteiger charge is -2.29. The topological polar surface area (TPSA) is 120 Å². The second-order valence-corrected chi connectivity index (χ2v) is 8.84. The van der Waals surface area contributed by atoms with Crippen LogP contribution in [0.25, 0.3) is 0 Å². The van der Waals surface area contributed by atoms with Gasteiger partial charge in [-0.1, -0.05) is 12.1 Å². The molecule has 0 saturated heterocycles. The molecule has 0 fully saturated rings. The second kappa shape index (κ2) is 9.73. The molecule has 1 aliphatic heterocycles. The summed E-state index contributed by atoms with van der Waals surface area (Å²) in [4.78, 5) is 25.3. The van der Waals surface area contributed by atoms with Crippen molar-refractivity contribution in [1.29, 1.82) is 0 Å². The van der Waals surface area contributed by atoms with Gasteiger partial charge in [0, 0.05) is 5.70 Å². The highest BCUT2D eigenvalue weighted by molar-refractivity contribution is 7.91. The summed E-state index contributed by atoms with van der Waals surface area (Å²) in [6.45, 7) is 1.72. The summed E-state index contributed by atoms with van der Waals surface area (Å²) in [7, 11) is -0.926. The van der Waals surface area contributed by atoms with Gasteiger partial charge in [0.15, 0.2) is 9.84 Å². The van der Waals surface area contributed by atoms with E-state index in [9.17, 15) is 18.0 Å². The third kappa shape index (κ3) is 5.02. The van der Waals surface area contributed by atoms with Crippen molar-refractivity contribution < 1.29 is 32.2 Å². The van der Waals surface area contributed by atoms with Crippen molar-refractivity contribution in [3.05, 3.63) is 65.4 Å². The highest BCUT2D eigenvalue weighted by atomic mass is 32.2. The van der Waals surface area contributed by atoms with E-state index in [0.29, 0.717) is 17.1 Å². The Morgan fingerprint density at radius 2 is 1.72 bits per heavy atom. The van der Waals surface area contributed by atoms with Crippen molar-refractivity contribution in [2.45, 2.75) is 17.9 Å². The van der Waals surface area contributed by atoms with Crippen molar-refractivity contribution in [2.24, 2.45) is 0 Å². The van der Waals surface area contributed by atoms with Crippen LogP contribution in [0.1, 0.15) is 18.5 Å². The van der Waals surface area contributed by atoms with Crippen molar-refractivity contribution in [1.82, 2.24) is 10.6 Å². The minimum Gasteiger partial charge on any atom is -0.497 e. The van der Waals surface area contributed by atoms with E-state index in [-0.39, 0.29) is 22.8 Å². The number of carbonyl (C=O) groups excluding carboxylic acids is 2. The Labute approximate surface area is 186 Å². The number of rotatable bonds is 8. The Hall–Kier alpha value is -3.53. The average molecular weight is 461 g/mol. The molecule has 2 amide bonds. The van der Waals surface area contributed by atoms with Crippen LogP contribution in [0.5, 0.6) is 11.5 Å². The molecular weight excluding hydrogens is 436 g/mol. The average Bonchev–Trinajstić information content (AvgIpc) is 2.78. The highest BCUT2D eigenvalue weighted by Gasteiger charge is 2.36. The molecule has 1 aliphatic rings. The molecule has 0 bridgehead atoms. The Morgan fingerprint density at radius 3 is 2.34 bits per heavy atom. The van der Waals surface area contributed by atoms with E-state index in [0.717, 1.165) is 0 Å². The number of benzene rings is 2. The molecule has 10 heteroatoms. The van der Waals surface area contributed by atoms with Gasteiger partial charge in [-0.3, -0.25) is 0 Å². The molecule has 0 saturated carbocycles. The molecule has 1 heterocycles. The molecule has 1 atom stereocenters. The summed E-state index contributed by atoms with van der Waals surface area (Å²) in [5.74, 6) is -0.302. The summed E-state index contributed by atoms with van der Waals surface area (Å²) in [6, 6.07) is 11.1. The van der Waals surface area contributed by atoms with Crippen LogP contribution in [0.3, 0.4) is 0 Å². The minimum atomic E-state index is -3.90. The number of carbonyl (C=O) groups is 2. The van der Waals surface area contributed by atoms with Crippen molar-refractivity contribution >= 4 is 21.8 Å². The molecule has 0 spiro atoms. The van der Waals surface area contributed by atoms with E-state index >= 15 is 0 Å². The first-order valence-corrected chi connectivity index (χ1v) is 11.4. The van der Waals surface area contributed by atoms with Crippen molar-refractivity contribution in [3.8, 4) is 11.5 Å². The zero-order chi connectivity index (χ0) is 23.3. The lowest BCUT2D eigenvalue weighted by molar-refractivity contribution is -0.139. The van der Waals surface area contributed by atoms with Gasteiger partial charge in [-0.25, -0.2) is 18.0 Å². The maximum Gasteiger partial charge on any atom is 0.338 e. The summed E-state index contributed by atoms with van der Waals surface area (Å²) in [6.07, 6.45) is 0. The number of amides is 2. The number of urea groups is 1. The van der Waals surface area contributed by atoms with Gasteiger partial charge in [0.2, 0.25) is 0 Å². The van der Waals surface area contributed by atoms with E-state index in [1.807, 2.05) is 0 Å². The van der Waals surface area contributed by atoms with E-state index in [2.05, 4.69) is 10.6 Å². The van der Waals surface area contributed by atoms with Gasteiger partial charge < -0.3 is 24.8 Å². The zero-order valence-electron chi connectivity index (χ0n) is 17.9. The SMILES string of the molecule is CCOC(=O)C1=C(CS(=O)(=O)c2ccc(OC)cc2)NC(=O)N[C@@H]1c1cccc(OC)c1. The summed E-state index contributed by atoms with van der Waals surface area (Å²) in [5.41, 5.74) is 0.509. The van der Waals surface area contributed by atoms with E-state index in [1.54, 1.807) is 31.2 Å². The Balaban J connectivity index is 2.08. The third-order valence-electron chi connectivity index (χ3n) is 4.83. The Kier molecular flexibility index (Phi) is 7.04. The molecule has 2 aromatic rings. The lowest BCUT2D eigenvalue weighted by Crippen LogP contribution is -2.47. The fourth-order valence-corrected chi connectivity index (χ4v) is 4.63. The fourth-order valence-electron chi connectivity index (χ4n) is 3.31. The second-order valence-electron chi connectivity index (χ2n) is 6.86. The van der Waals surface area contributed by atoms with Gasteiger partial charge in [-0.15, -0.1) is 0 Å². The monoisotopic (exact) mass is 460 g/mol. The van der Waals surface area contributed by atoms with E-state index < -0.39 is 33.6 Å². The van der Waals surface area contributed by atoms with Crippen LogP contribution in [0.2, 0.25) is 0 Å². The summed E-state index contributed by atoms with van der Waals surface area (Å²) < 4.78 is 41.6. The molecule has 2 aromatic carbocycles. The molecule has 2 N–H and O–H groups in total. The largest absolute Gasteiger partial charge is 0.497 e. The van der Waals surface area contributed by atoms with Gasteiger partial charge in [0.1, 0.15) is 11.5 Å². The standard InChI is InChI=1S/C22H24N2O7S/c1-4-31-21(25)19-18(13-32(27,28)17-10-8-15(29-2)9-11-17)23-22(26)24-20(19)14-6-5-7-16(12-14)30-3/h5-12,20H,4,13H2,1-3H3,(H2,23,24,26)/t20-/m1/s1. The van der Waals surface area contributed by atoms with Gasteiger partial charge in [0.25, 0.3) is 0 Å². The van der Waals surface area contributed by atoms with Gasteiger partial charge in [0.05, 0.1) is 43.1 Å². The molecule has 3 rings (SSSR count). The quantitative estimate of drug-likeness (QED) is 0.580. The summed E-state index contributed by atoms with van der Waals surface area (Å²) in [5, 5.41) is 5.14. The first-order valence-electron chi connectivity index (χ1n) is 9.77. The van der Waals surface area contributed by atoms with Crippen LogP contribution >= 0.6 is 0 Å². The van der Waals surface area contributed by atoms with Crippen LogP contribution in [-0.2, 0) is 19.4 Å². The number of hydrogen-bond acceptors (Lipinski definition) is 7. The summed E-state index contributed by atoms with van der Waals surface area (Å²) >= 11 is 0. The predicted octanol–water partition coefficient (Wildman–Crippen LogP) is 2.35. The van der Waals surface area contributed by atoms with E-state index in [4.69, 9.17) is 14.2 Å². The molecular formula is C22H24N2O7S. The highest BCUT2D eigenvalue weighted by Crippen LogP contribution is 2.31. The Bertz CT molecular complexity index is 1140. The van der Waals surface area contributed by atoms with Crippen LogP contribution in [-0.4, -0.2) is 47.0 Å². The lowest BCUT2D eigenvalue weighted by atomic mass is 9.95. The van der Waals surface area contributed by atoms with Crippen molar-refractivity contribution in [2.75, 3.05) is 26.6 Å². The number of sulfone groups is 1. The maximum atomic E-state index is 13.1. The molecule has 0 radical (unpaired) electrons. The number of ether oxygens (including phenoxy) is 3. The smallest absolute Gasteiger partial charge is 0.338 e. The molecule has 0 aliphatic carbocycles. The number of esters is 1. The first-order chi connectivity index (χ1) is 15.3. The fraction of sp³-hybridized carbons (Fsp3) is 0.273. The zero-order valence-corrected chi connectivity index (χ0v) is 18.7. The van der Waals surface area contributed by atoms with Crippen LogP contribution in [0, 0.1) is 0 Å². The molecule has 9 nitrogen and oxygen atoms in total. The van der Waals surface area contributed by atoms with Crippen molar-refractivity contribution in [3.63, 3.8) is 0 Å². The minimum absolute atomic E-state index is 0.0109.